The molecule has 0 fully saturated rings. The zero-order chi connectivity index (χ0) is 15.2. The van der Waals surface area contributed by atoms with E-state index >= 15 is 0 Å². The van der Waals surface area contributed by atoms with Gasteiger partial charge in [0, 0.05) is 6.20 Å². The van der Waals surface area contributed by atoms with Gasteiger partial charge in [0.2, 0.25) is 0 Å². The number of nitrogens with zero attached hydrogens (tertiary/aromatic N) is 2. The van der Waals surface area contributed by atoms with Gasteiger partial charge in [-0.1, -0.05) is 18.2 Å². The minimum Gasteiger partial charge on any atom is -0.478 e. The Hall–Kier alpha value is -2.20. The second-order valence-electron chi connectivity index (χ2n) is 5.27. The molecule has 0 saturated heterocycles. The third-order valence-electron chi connectivity index (χ3n) is 3.56. The van der Waals surface area contributed by atoms with Crippen molar-refractivity contribution >= 4 is 5.97 Å². The molecule has 1 unspecified atom stereocenters. The number of carboxylic acid groups (broad SMARTS) is 1. The molecule has 1 aromatic heterocycles. The summed E-state index contributed by atoms with van der Waals surface area (Å²) in [5, 5.41) is 8.90. The van der Waals surface area contributed by atoms with Crippen LogP contribution in [0.25, 0.3) is 0 Å². The Labute approximate surface area is 125 Å². The molecule has 1 atom stereocenters. The van der Waals surface area contributed by atoms with E-state index in [1.54, 1.807) is 12.1 Å². The number of hydrogen-bond donors (Lipinski definition) is 1. The predicted molar refractivity (Wildman–Crippen MR) is 82.4 cm³/mol. The van der Waals surface area contributed by atoms with Crippen molar-refractivity contribution in [3.05, 3.63) is 65.5 Å². The quantitative estimate of drug-likeness (QED) is 0.886. The number of aromatic carboxylic acids is 1. The molecule has 0 radical (unpaired) electrons. The van der Waals surface area contributed by atoms with Gasteiger partial charge in [0.25, 0.3) is 0 Å². The summed E-state index contributed by atoms with van der Waals surface area (Å²) in [5.41, 5.74) is 2.53. The van der Waals surface area contributed by atoms with Gasteiger partial charge in [-0.05, 0) is 56.8 Å². The average molecular weight is 284 g/mol. The van der Waals surface area contributed by atoms with Crippen LogP contribution < -0.4 is 0 Å². The van der Waals surface area contributed by atoms with E-state index in [1.807, 2.05) is 50.6 Å². The highest BCUT2D eigenvalue weighted by Crippen LogP contribution is 2.22. The fourth-order valence-corrected chi connectivity index (χ4v) is 2.36. The number of carbonyl (C=O) groups is 1. The van der Waals surface area contributed by atoms with Crippen LogP contribution in [0, 0.1) is 0 Å². The smallest absolute Gasteiger partial charge is 0.335 e. The SMILES string of the molecule is CN(C)C(CCc1ccc(C(=O)O)cc1)c1ccccn1. The maximum Gasteiger partial charge on any atom is 0.335 e. The molecule has 2 rings (SSSR count). The van der Waals surface area contributed by atoms with E-state index in [4.69, 9.17) is 5.11 Å². The Balaban J connectivity index is 2.04. The van der Waals surface area contributed by atoms with Crippen molar-refractivity contribution in [2.75, 3.05) is 14.1 Å². The monoisotopic (exact) mass is 284 g/mol. The topological polar surface area (TPSA) is 53.4 Å². The first-order valence-electron chi connectivity index (χ1n) is 6.97. The van der Waals surface area contributed by atoms with Gasteiger partial charge in [0.1, 0.15) is 0 Å². The second-order valence-corrected chi connectivity index (χ2v) is 5.27. The summed E-state index contributed by atoms with van der Waals surface area (Å²) in [6, 6.07) is 13.3. The molecule has 21 heavy (non-hydrogen) atoms. The van der Waals surface area contributed by atoms with Gasteiger partial charge in [0.05, 0.1) is 17.3 Å². The van der Waals surface area contributed by atoms with Crippen LogP contribution >= 0.6 is 0 Å². The summed E-state index contributed by atoms with van der Waals surface area (Å²) in [7, 11) is 4.10. The third kappa shape index (κ3) is 4.13. The summed E-state index contributed by atoms with van der Waals surface area (Å²) < 4.78 is 0. The molecule has 0 aliphatic rings. The van der Waals surface area contributed by atoms with E-state index in [0.29, 0.717) is 5.56 Å². The van der Waals surface area contributed by atoms with E-state index in [0.717, 1.165) is 24.1 Å². The summed E-state index contributed by atoms with van der Waals surface area (Å²) in [5.74, 6) is -0.888. The van der Waals surface area contributed by atoms with Crippen molar-refractivity contribution < 1.29 is 9.90 Å². The summed E-state index contributed by atoms with van der Waals surface area (Å²) in [6.07, 6.45) is 3.64. The molecule has 0 amide bonds. The van der Waals surface area contributed by atoms with Crippen LogP contribution in [0.2, 0.25) is 0 Å². The molecule has 0 saturated carbocycles. The number of benzene rings is 1. The first kappa shape index (κ1) is 15.2. The molecule has 110 valence electrons. The number of carboxylic acids is 1. The number of rotatable bonds is 6. The Morgan fingerprint density at radius 3 is 2.43 bits per heavy atom. The number of pyridine rings is 1. The molecule has 4 heteroatoms. The van der Waals surface area contributed by atoms with Gasteiger partial charge in [-0.3, -0.25) is 4.98 Å². The van der Waals surface area contributed by atoms with Crippen LogP contribution in [-0.2, 0) is 6.42 Å². The summed E-state index contributed by atoms with van der Waals surface area (Å²) in [4.78, 5) is 17.4. The molecule has 0 spiro atoms. The highest BCUT2D eigenvalue weighted by molar-refractivity contribution is 5.87. The van der Waals surface area contributed by atoms with Crippen LogP contribution in [0.4, 0.5) is 0 Å². The number of hydrogen-bond acceptors (Lipinski definition) is 3. The van der Waals surface area contributed by atoms with Crippen molar-refractivity contribution in [1.82, 2.24) is 9.88 Å². The lowest BCUT2D eigenvalue weighted by Gasteiger charge is -2.23. The Morgan fingerprint density at radius 2 is 1.90 bits per heavy atom. The maximum absolute atomic E-state index is 10.8. The van der Waals surface area contributed by atoms with Gasteiger partial charge >= 0.3 is 5.97 Å². The van der Waals surface area contributed by atoms with Crippen LogP contribution in [0.3, 0.4) is 0 Å². The van der Waals surface area contributed by atoms with Crippen molar-refractivity contribution in [3.63, 3.8) is 0 Å². The fraction of sp³-hybridized carbons (Fsp3) is 0.294. The van der Waals surface area contributed by atoms with Gasteiger partial charge in [0.15, 0.2) is 0 Å². The zero-order valence-corrected chi connectivity index (χ0v) is 12.4. The first-order valence-corrected chi connectivity index (χ1v) is 6.97. The largest absolute Gasteiger partial charge is 0.478 e. The van der Waals surface area contributed by atoms with Gasteiger partial charge in [-0.2, -0.15) is 0 Å². The van der Waals surface area contributed by atoms with Crippen LogP contribution in [0.15, 0.2) is 48.7 Å². The van der Waals surface area contributed by atoms with E-state index < -0.39 is 5.97 Å². The van der Waals surface area contributed by atoms with E-state index in [9.17, 15) is 4.79 Å². The lowest BCUT2D eigenvalue weighted by atomic mass is 10.0. The minimum absolute atomic E-state index is 0.255. The molecular weight excluding hydrogens is 264 g/mol. The number of aryl methyl sites for hydroxylation is 1. The Morgan fingerprint density at radius 1 is 1.19 bits per heavy atom. The second kappa shape index (κ2) is 6.99. The van der Waals surface area contributed by atoms with Crippen molar-refractivity contribution in [3.8, 4) is 0 Å². The lowest BCUT2D eigenvalue weighted by Crippen LogP contribution is -2.21. The summed E-state index contributed by atoms with van der Waals surface area (Å²) in [6.45, 7) is 0. The first-order chi connectivity index (χ1) is 10.1. The molecule has 1 heterocycles. The molecular formula is C17H20N2O2. The van der Waals surface area contributed by atoms with Crippen LogP contribution in [0.5, 0.6) is 0 Å². The molecule has 1 aromatic carbocycles. The van der Waals surface area contributed by atoms with Crippen molar-refractivity contribution in [2.24, 2.45) is 0 Å². The molecule has 0 aliphatic carbocycles. The molecule has 0 aliphatic heterocycles. The van der Waals surface area contributed by atoms with Crippen molar-refractivity contribution in [1.29, 1.82) is 0 Å². The van der Waals surface area contributed by atoms with Gasteiger partial charge in [-0.25, -0.2) is 4.79 Å². The van der Waals surface area contributed by atoms with Gasteiger partial charge in [-0.15, -0.1) is 0 Å². The van der Waals surface area contributed by atoms with Gasteiger partial charge < -0.3 is 10.0 Å². The molecule has 1 N–H and O–H groups in total. The standard InChI is InChI=1S/C17H20N2O2/c1-19(2)16(15-5-3-4-12-18-15)11-8-13-6-9-14(10-7-13)17(20)21/h3-7,9-10,12,16H,8,11H2,1-2H3,(H,20,21). The maximum atomic E-state index is 10.8. The highest BCUT2D eigenvalue weighted by atomic mass is 16.4. The summed E-state index contributed by atoms with van der Waals surface area (Å²) >= 11 is 0. The Bertz CT molecular complexity index is 579. The highest BCUT2D eigenvalue weighted by Gasteiger charge is 2.15. The predicted octanol–water partition coefficient (Wildman–Crippen LogP) is 3.02. The zero-order valence-electron chi connectivity index (χ0n) is 12.4. The molecule has 4 nitrogen and oxygen atoms in total. The van der Waals surface area contributed by atoms with E-state index in [2.05, 4.69) is 9.88 Å². The Kier molecular flexibility index (Phi) is 5.06. The normalized spacial score (nSPS) is 12.3. The number of aromatic nitrogens is 1. The average Bonchev–Trinajstić information content (AvgIpc) is 2.48. The van der Waals surface area contributed by atoms with E-state index in [1.165, 1.54) is 0 Å². The van der Waals surface area contributed by atoms with Crippen molar-refractivity contribution in [2.45, 2.75) is 18.9 Å². The fourth-order valence-electron chi connectivity index (χ4n) is 2.36. The van der Waals surface area contributed by atoms with Crippen LogP contribution in [-0.4, -0.2) is 35.1 Å². The minimum atomic E-state index is -0.888. The van der Waals surface area contributed by atoms with E-state index in [-0.39, 0.29) is 6.04 Å². The molecule has 0 bridgehead atoms. The van der Waals surface area contributed by atoms with Crippen LogP contribution in [0.1, 0.15) is 34.1 Å². The lowest BCUT2D eigenvalue weighted by molar-refractivity contribution is 0.0697. The molecule has 2 aromatic rings. The third-order valence-corrected chi connectivity index (χ3v) is 3.56.